The molecule has 0 aromatic carbocycles. The van der Waals surface area contributed by atoms with Crippen molar-refractivity contribution in [2.75, 3.05) is 25.6 Å². The maximum atomic E-state index is 5.25. The number of ether oxygens (including phenoxy) is 1. The average molecular weight is 192 g/mol. The topological polar surface area (TPSA) is 47.3 Å². The van der Waals surface area contributed by atoms with Gasteiger partial charge in [-0.2, -0.15) is 0 Å². The number of aromatic nitrogens is 1. The fraction of sp³-hybridized carbons (Fsp3) is 0.300. The first kappa shape index (κ1) is 9.02. The zero-order valence-electron chi connectivity index (χ0n) is 7.99. The summed E-state index contributed by atoms with van der Waals surface area (Å²) in [5.74, 6) is 0.841. The Bertz CT molecular complexity index is 411. The highest BCUT2D eigenvalue weighted by Gasteiger charge is 2.02. The molecule has 2 aromatic rings. The Morgan fingerprint density at radius 2 is 2.43 bits per heavy atom. The van der Waals surface area contributed by atoms with Gasteiger partial charge in [0, 0.05) is 19.9 Å². The lowest BCUT2D eigenvalue weighted by molar-refractivity contribution is 0.210. The minimum Gasteiger partial charge on any atom is -0.464 e. The van der Waals surface area contributed by atoms with Gasteiger partial charge in [0.25, 0.3) is 0 Å². The molecule has 74 valence electrons. The molecule has 1 N–H and O–H groups in total. The van der Waals surface area contributed by atoms with Crippen LogP contribution in [-0.2, 0) is 4.74 Å². The highest BCUT2D eigenvalue weighted by atomic mass is 16.5. The van der Waals surface area contributed by atoms with Crippen LogP contribution in [-0.4, -0.2) is 25.2 Å². The Morgan fingerprint density at radius 1 is 1.50 bits per heavy atom. The van der Waals surface area contributed by atoms with Crippen LogP contribution in [0.5, 0.6) is 0 Å². The number of hydrogen-bond donors (Lipinski definition) is 1. The predicted molar refractivity (Wildman–Crippen MR) is 54.4 cm³/mol. The van der Waals surface area contributed by atoms with Crippen LogP contribution >= 0.6 is 0 Å². The van der Waals surface area contributed by atoms with Crippen molar-refractivity contribution in [3.8, 4) is 0 Å². The molecule has 0 radical (unpaired) electrons. The van der Waals surface area contributed by atoms with Crippen LogP contribution in [0, 0.1) is 0 Å². The van der Waals surface area contributed by atoms with Crippen LogP contribution < -0.4 is 5.32 Å². The lowest BCUT2D eigenvalue weighted by atomic mass is 10.3. The summed E-state index contributed by atoms with van der Waals surface area (Å²) >= 11 is 0. The van der Waals surface area contributed by atoms with E-state index in [2.05, 4.69) is 10.3 Å². The van der Waals surface area contributed by atoms with Gasteiger partial charge in [-0.1, -0.05) is 0 Å². The number of nitrogens with zero attached hydrogens (tertiary/aromatic N) is 1. The summed E-state index contributed by atoms with van der Waals surface area (Å²) in [6, 6.07) is 3.74. The first-order valence-corrected chi connectivity index (χ1v) is 4.47. The molecule has 0 saturated carbocycles. The summed E-state index contributed by atoms with van der Waals surface area (Å²) < 4.78 is 10.2. The average Bonchev–Trinajstić information content (AvgIpc) is 2.67. The first-order chi connectivity index (χ1) is 6.92. The molecule has 0 fully saturated rings. The van der Waals surface area contributed by atoms with E-state index in [0.717, 1.165) is 23.3 Å². The molecule has 0 aliphatic rings. The van der Waals surface area contributed by atoms with Gasteiger partial charge in [0.2, 0.25) is 0 Å². The lowest BCUT2D eigenvalue weighted by Gasteiger charge is -2.04. The fourth-order valence-electron chi connectivity index (χ4n) is 1.31. The van der Waals surface area contributed by atoms with E-state index in [-0.39, 0.29) is 0 Å². The second-order valence-electron chi connectivity index (χ2n) is 2.91. The quantitative estimate of drug-likeness (QED) is 0.751. The molecule has 0 bridgehead atoms. The van der Waals surface area contributed by atoms with Crippen LogP contribution in [0.3, 0.4) is 0 Å². The van der Waals surface area contributed by atoms with Gasteiger partial charge in [-0.15, -0.1) is 0 Å². The number of hydrogen-bond acceptors (Lipinski definition) is 4. The van der Waals surface area contributed by atoms with Crippen molar-refractivity contribution >= 4 is 16.8 Å². The minimum absolute atomic E-state index is 0.663. The standard InChI is InChI=1S/C10H12N2O2/c1-13-7-5-12-10-8-3-6-14-9(8)2-4-11-10/h2-4,6H,5,7H2,1H3,(H,11,12). The van der Waals surface area contributed by atoms with Crippen LogP contribution in [0.1, 0.15) is 0 Å². The van der Waals surface area contributed by atoms with Crippen molar-refractivity contribution in [1.82, 2.24) is 4.98 Å². The van der Waals surface area contributed by atoms with E-state index in [0.29, 0.717) is 6.61 Å². The molecule has 0 aliphatic carbocycles. The maximum absolute atomic E-state index is 5.25. The molecule has 0 atom stereocenters. The van der Waals surface area contributed by atoms with Gasteiger partial charge in [0.15, 0.2) is 0 Å². The summed E-state index contributed by atoms with van der Waals surface area (Å²) in [5, 5.41) is 4.18. The van der Waals surface area contributed by atoms with E-state index >= 15 is 0 Å². The molecule has 0 saturated heterocycles. The van der Waals surface area contributed by atoms with Gasteiger partial charge in [-0.05, 0) is 12.1 Å². The molecule has 0 spiro atoms. The van der Waals surface area contributed by atoms with Crippen molar-refractivity contribution < 1.29 is 9.15 Å². The number of methoxy groups -OCH3 is 1. The van der Waals surface area contributed by atoms with Gasteiger partial charge in [0.1, 0.15) is 11.4 Å². The summed E-state index contributed by atoms with van der Waals surface area (Å²) in [4.78, 5) is 4.22. The van der Waals surface area contributed by atoms with Gasteiger partial charge in [0.05, 0.1) is 18.3 Å². The fourth-order valence-corrected chi connectivity index (χ4v) is 1.31. The Hall–Kier alpha value is -1.55. The lowest BCUT2D eigenvalue weighted by Crippen LogP contribution is -2.08. The largest absolute Gasteiger partial charge is 0.464 e. The number of nitrogens with one attached hydrogen (secondary N) is 1. The molecule has 0 amide bonds. The zero-order chi connectivity index (χ0) is 9.80. The molecule has 2 aromatic heterocycles. The molecule has 4 heteroatoms. The third-order valence-corrected chi connectivity index (χ3v) is 1.98. The summed E-state index contributed by atoms with van der Waals surface area (Å²) in [7, 11) is 1.67. The van der Waals surface area contributed by atoms with Crippen LogP contribution in [0.15, 0.2) is 29.0 Å². The molecular formula is C10H12N2O2. The van der Waals surface area contributed by atoms with Crippen LogP contribution in [0.25, 0.3) is 11.0 Å². The monoisotopic (exact) mass is 192 g/mol. The molecule has 0 aliphatic heterocycles. The van der Waals surface area contributed by atoms with Crippen molar-refractivity contribution in [3.63, 3.8) is 0 Å². The predicted octanol–water partition coefficient (Wildman–Crippen LogP) is 1.89. The molecule has 0 unspecified atom stereocenters. The molecule has 2 heterocycles. The van der Waals surface area contributed by atoms with Gasteiger partial charge >= 0.3 is 0 Å². The van der Waals surface area contributed by atoms with Crippen LogP contribution in [0.2, 0.25) is 0 Å². The van der Waals surface area contributed by atoms with E-state index in [1.807, 2.05) is 12.1 Å². The Labute approximate surface area is 81.9 Å². The number of furan rings is 1. The molecular weight excluding hydrogens is 180 g/mol. The van der Waals surface area contributed by atoms with Crippen molar-refractivity contribution in [2.24, 2.45) is 0 Å². The Balaban J connectivity index is 2.19. The van der Waals surface area contributed by atoms with Gasteiger partial charge in [-0.3, -0.25) is 0 Å². The van der Waals surface area contributed by atoms with E-state index in [4.69, 9.17) is 9.15 Å². The molecule has 2 rings (SSSR count). The second kappa shape index (κ2) is 4.11. The number of fused-ring (bicyclic) bond motifs is 1. The summed E-state index contributed by atoms with van der Waals surface area (Å²) in [5.41, 5.74) is 0.847. The van der Waals surface area contributed by atoms with Crippen molar-refractivity contribution in [2.45, 2.75) is 0 Å². The van der Waals surface area contributed by atoms with Gasteiger partial charge in [-0.25, -0.2) is 4.98 Å². The number of pyridine rings is 1. The number of rotatable bonds is 4. The summed E-state index contributed by atoms with van der Waals surface area (Å²) in [6.07, 6.45) is 3.38. The summed E-state index contributed by atoms with van der Waals surface area (Å²) in [6.45, 7) is 1.41. The third kappa shape index (κ3) is 1.70. The van der Waals surface area contributed by atoms with E-state index < -0.39 is 0 Å². The first-order valence-electron chi connectivity index (χ1n) is 4.47. The van der Waals surface area contributed by atoms with E-state index in [1.54, 1.807) is 19.6 Å². The zero-order valence-corrected chi connectivity index (χ0v) is 7.99. The molecule has 14 heavy (non-hydrogen) atoms. The Morgan fingerprint density at radius 3 is 3.29 bits per heavy atom. The van der Waals surface area contributed by atoms with E-state index in [1.165, 1.54) is 0 Å². The third-order valence-electron chi connectivity index (χ3n) is 1.98. The Kier molecular flexibility index (Phi) is 2.65. The number of anilines is 1. The maximum Gasteiger partial charge on any atom is 0.139 e. The minimum atomic E-state index is 0.663. The normalized spacial score (nSPS) is 10.6. The highest BCUT2D eigenvalue weighted by Crippen LogP contribution is 2.21. The molecule has 4 nitrogen and oxygen atoms in total. The highest BCUT2D eigenvalue weighted by molar-refractivity contribution is 5.87. The van der Waals surface area contributed by atoms with Crippen LogP contribution in [0.4, 0.5) is 5.82 Å². The van der Waals surface area contributed by atoms with Crippen molar-refractivity contribution in [1.29, 1.82) is 0 Å². The smallest absolute Gasteiger partial charge is 0.139 e. The van der Waals surface area contributed by atoms with Crippen molar-refractivity contribution in [3.05, 3.63) is 24.6 Å². The SMILES string of the molecule is COCCNc1nccc2occc12. The van der Waals surface area contributed by atoms with E-state index in [9.17, 15) is 0 Å². The van der Waals surface area contributed by atoms with Gasteiger partial charge < -0.3 is 14.5 Å². The second-order valence-corrected chi connectivity index (χ2v) is 2.91.